The van der Waals surface area contributed by atoms with Gasteiger partial charge in [-0.25, -0.2) is 8.78 Å². The number of aromatic nitrogens is 1. The average Bonchev–Trinajstić information content (AvgIpc) is 2.89. The first-order valence-electron chi connectivity index (χ1n) is 11.9. The smallest absolute Gasteiger partial charge is 0.393 e. The molecule has 2 atom stereocenters. The van der Waals surface area contributed by atoms with Gasteiger partial charge in [0.15, 0.2) is 5.67 Å². The summed E-state index contributed by atoms with van der Waals surface area (Å²) < 4.78 is 75.4. The SMILES string of the molecule is Cc1ccc(NC(=O)c2cncc(C(F)(F)F)c2)cc1-c1cc2c(cc1F)C[C@](F)(CO)[C@@H]1COCCN21. The van der Waals surface area contributed by atoms with Gasteiger partial charge in [0.25, 0.3) is 5.91 Å². The lowest BCUT2D eigenvalue weighted by Gasteiger charge is -2.48. The van der Waals surface area contributed by atoms with Crippen molar-refractivity contribution in [2.24, 2.45) is 0 Å². The molecule has 0 spiro atoms. The highest BCUT2D eigenvalue weighted by molar-refractivity contribution is 6.04. The maximum absolute atomic E-state index is 15.5. The van der Waals surface area contributed by atoms with Crippen molar-refractivity contribution in [1.29, 1.82) is 0 Å². The van der Waals surface area contributed by atoms with E-state index in [1.54, 1.807) is 30.0 Å². The minimum Gasteiger partial charge on any atom is -0.393 e. The summed E-state index contributed by atoms with van der Waals surface area (Å²) in [6.07, 6.45) is -3.16. The number of anilines is 2. The van der Waals surface area contributed by atoms with Crippen molar-refractivity contribution in [3.05, 3.63) is 76.9 Å². The van der Waals surface area contributed by atoms with Gasteiger partial charge in [-0.05, 0) is 53.9 Å². The van der Waals surface area contributed by atoms with Gasteiger partial charge in [-0.2, -0.15) is 13.2 Å². The van der Waals surface area contributed by atoms with Crippen LogP contribution in [0.2, 0.25) is 0 Å². The molecule has 3 aromatic rings. The van der Waals surface area contributed by atoms with E-state index in [0.29, 0.717) is 47.8 Å². The van der Waals surface area contributed by atoms with Crippen molar-refractivity contribution in [2.75, 3.05) is 36.6 Å². The van der Waals surface area contributed by atoms with Crippen LogP contribution in [0.1, 0.15) is 27.0 Å². The number of hydrogen-bond acceptors (Lipinski definition) is 5. The summed E-state index contributed by atoms with van der Waals surface area (Å²) in [5.74, 6) is -1.41. The maximum Gasteiger partial charge on any atom is 0.417 e. The van der Waals surface area contributed by atoms with E-state index in [2.05, 4.69) is 10.3 Å². The molecule has 2 aromatic carbocycles. The normalized spacial score (nSPS) is 21.0. The molecule has 3 heterocycles. The lowest BCUT2D eigenvalue weighted by Crippen LogP contribution is -2.62. The fraction of sp³-hybridized carbons (Fsp3) is 0.333. The Morgan fingerprint density at radius 2 is 2.00 bits per heavy atom. The minimum atomic E-state index is -4.65. The predicted molar refractivity (Wildman–Crippen MR) is 130 cm³/mol. The van der Waals surface area contributed by atoms with Crippen LogP contribution in [0.25, 0.3) is 11.1 Å². The van der Waals surface area contributed by atoms with Crippen molar-refractivity contribution in [3.63, 3.8) is 0 Å². The van der Waals surface area contributed by atoms with Crippen molar-refractivity contribution < 1.29 is 36.6 Å². The summed E-state index contributed by atoms with van der Waals surface area (Å²) in [7, 11) is 0. The van der Waals surface area contributed by atoms with Crippen LogP contribution in [0.3, 0.4) is 0 Å². The molecule has 0 bridgehead atoms. The van der Waals surface area contributed by atoms with Crippen LogP contribution in [-0.2, 0) is 17.3 Å². The molecule has 0 unspecified atom stereocenters. The van der Waals surface area contributed by atoms with Crippen LogP contribution in [-0.4, -0.2) is 54.1 Å². The molecule has 1 amide bonds. The number of carbonyl (C=O) groups excluding carboxylic acids is 1. The Bertz CT molecular complexity index is 1400. The molecule has 11 heteroatoms. The molecule has 0 radical (unpaired) electrons. The van der Waals surface area contributed by atoms with Crippen LogP contribution >= 0.6 is 0 Å². The highest BCUT2D eigenvalue weighted by Gasteiger charge is 2.48. The number of aliphatic hydroxyl groups excluding tert-OH is 1. The Morgan fingerprint density at radius 3 is 2.74 bits per heavy atom. The van der Waals surface area contributed by atoms with E-state index < -0.39 is 41.8 Å². The van der Waals surface area contributed by atoms with E-state index in [4.69, 9.17) is 4.74 Å². The minimum absolute atomic E-state index is 0.0914. The monoisotopic (exact) mass is 533 g/mol. The Labute approximate surface area is 215 Å². The van der Waals surface area contributed by atoms with Crippen LogP contribution in [0.4, 0.5) is 33.3 Å². The number of nitrogens with zero attached hydrogens (tertiary/aromatic N) is 2. The first kappa shape index (κ1) is 26.1. The number of rotatable bonds is 4. The number of amides is 1. The fourth-order valence-electron chi connectivity index (χ4n) is 5.05. The van der Waals surface area contributed by atoms with Crippen molar-refractivity contribution in [3.8, 4) is 11.1 Å². The molecule has 2 aliphatic rings. The second-order valence-corrected chi connectivity index (χ2v) is 9.56. The van der Waals surface area contributed by atoms with Crippen LogP contribution in [0, 0.1) is 12.7 Å². The summed E-state index contributed by atoms with van der Waals surface area (Å²) in [6.45, 7) is 1.85. The number of nitrogens with one attached hydrogen (secondary N) is 1. The van der Waals surface area contributed by atoms with Gasteiger partial charge in [-0.3, -0.25) is 9.78 Å². The van der Waals surface area contributed by atoms with Crippen LogP contribution in [0.15, 0.2) is 48.8 Å². The second kappa shape index (κ2) is 9.63. The number of ether oxygens (including phenoxy) is 1. The molecular weight excluding hydrogens is 509 g/mol. The third kappa shape index (κ3) is 4.71. The molecule has 200 valence electrons. The van der Waals surface area contributed by atoms with Gasteiger partial charge < -0.3 is 20.1 Å². The van der Waals surface area contributed by atoms with Gasteiger partial charge in [0.2, 0.25) is 0 Å². The molecule has 2 aliphatic heterocycles. The Kier molecular flexibility index (Phi) is 6.60. The Balaban J connectivity index is 1.49. The largest absolute Gasteiger partial charge is 0.417 e. The number of fused-ring (bicyclic) bond motifs is 3. The highest BCUT2D eigenvalue weighted by atomic mass is 19.4. The van der Waals surface area contributed by atoms with Crippen molar-refractivity contribution >= 4 is 17.3 Å². The number of halogens is 5. The third-order valence-electron chi connectivity index (χ3n) is 7.06. The standard InChI is InChI=1S/C27H24F5N3O3/c1-15-2-3-19(34-25(37)17-6-18(12-33-11-17)27(30,31)32)8-20(15)21-9-23-16(7-22(21)28)10-26(29,14-36)24-13-38-5-4-35(23)24/h2-3,6-9,11-12,24,36H,4-5,10,13-14H2,1H3,(H,34,37)/t24-,26-/m0/s1. The van der Waals surface area contributed by atoms with E-state index in [1.807, 2.05) is 0 Å². The number of benzene rings is 2. The topological polar surface area (TPSA) is 74.7 Å². The summed E-state index contributed by atoms with van der Waals surface area (Å²) >= 11 is 0. The van der Waals surface area contributed by atoms with Crippen LogP contribution < -0.4 is 10.2 Å². The summed E-state index contributed by atoms with van der Waals surface area (Å²) in [6, 6.07) is 7.63. The van der Waals surface area contributed by atoms with Gasteiger partial charge in [0, 0.05) is 42.3 Å². The lowest BCUT2D eigenvalue weighted by atomic mass is 9.82. The quantitative estimate of drug-likeness (QED) is 0.466. The molecule has 1 aromatic heterocycles. The average molecular weight is 533 g/mol. The van der Waals surface area contributed by atoms with Gasteiger partial charge >= 0.3 is 6.18 Å². The highest BCUT2D eigenvalue weighted by Crippen LogP contribution is 2.43. The number of aryl methyl sites for hydroxylation is 1. The van der Waals surface area contributed by atoms with Gasteiger partial charge in [0.1, 0.15) is 5.82 Å². The lowest BCUT2D eigenvalue weighted by molar-refractivity contribution is -0.137. The molecule has 1 saturated heterocycles. The predicted octanol–water partition coefficient (Wildman–Crippen LogP) is 4.93. The van der Waals surface area contributed by atoms with Crippen LogP contribution in [0.5, 0.6) is 0 Å². The second-order valence-electron chi connectivity index (χ2n) is 9.56. The van der Waals surface area contributed by atoms with E-state index >= 15 is 8.78 Å². The van der Waals surface area contributed by atoms with E-state index in [-0.39, 0.29) is 29.8 Å². The van der Waals surface area contributed by atoms with E-state index in [1.165, 1.54) is 12.1 Å². The molecule has 0 aliphatic carbocycles. The number of aliphatic hydroxyl groups is 1. The van der Waals surface area contributed by atoms with E-state index in [9.17, 15) is 23.1 Å². The molecule has 6 nitrogen and oxygen atoms in total. The van der Waals surface area contributed by atoms with Crippen molar-refractivity contribution in [1.82, 2.24) is 4.98 Å². The van der Waals surface area contributed by atoms with Gasteiger partial charge in [-0.15, -0.1) is 0 Å². The Hall–Kier alpha value is -3.57. The zero-order valence-electron chi connectivity index (χ0n) is 20.3. The fourth-order valence-corrected chi connectivity index (χ4v) is 5.05. The number of pyridine rings is 1. The number of alkyl halides is 4. The number of morpholine rings is 1. The van der Waals surface area contributed by atoms with Gasteiger partial charge in [0.05, 0.1) is 37.0 Å². The molecule has 1 fully saturated rings. The Morgan fingerprint density at radius 1 is 1.21 bits per heavy atom. The van der Waals surface area contributed by atoms with E-state index in [0.717, 1.165) is 6.20 Å². The molecule has 2 N–H and O–H groups in total. The first-order chi connectivity index (χ1) is 18.0. The molecule has 5 rings (SSSR count). The first-order valence-corrected chi connectivity index (χ1v) is 11.9. The summed E-state index contributed by atoms with van der Waals surface area (Å²) in [5.41, 5.74) is -0.623. The zero-order chi connectivity index (χ0) is 27.2. The molecular formula is C27H24F5N3O3. The number of carbonyl (C=O) groups is 1. The number of hydrogen-bond donors (Lipinski definition) is 2. The molecule has 0 saturated carbocycles. The molecule has 38 heavy (non-hydrogen) atoms. The third-order valence-corrected chi connectivity index (χ3v) is 7.06. The van der Waals surface area contributed by atoms with Crippen molar-refractivity contribution in [2.45, 2.75) is 31.2 Å². The summed E-state index contributed by atoms with van der Waals surface area (Å²) in [4.78, 5) is 18.0. The van der Waals surface area contributed by atoms with Gasteiger partial charge in [-0.1, -0.05) is 6.07 Å². The zero-order valence-corrected chi connectivity index (χ0v) is 20.3. The maximum atomic E-state index is 15.5. The summed E-state index contributed by atoms with van der Waals surface area (Å²) in [5, 5.41) is 12.3.